The highest BCUT2D eigenvalue weighted by molar-refractivity contribution is 6.39. The molecule has 2 radical (unpaired) electrons. The highest BCUT2D eigenvalue weighted by Crippen LogP contribution is 2.21. The van der Waals surface area contributed by atoms with Crippen molar-refractivity contribution in [3.05, 3.63) is 35.9 Å². The quantitative estimate of drug-likeness (QED) is 0.625. The van der Waals surface area contributed by atoms with E-state index in [4.69, 9.17) is 7.85 Å². The second-order valence-electron chi connectivity index (χ2n) is 2.99. The van der Waals surface area contributed by atoms with Crippen LogP contribution >= 0.6 is 0 Å². The molecule has 0 unspecified atom stereocenters. The van der Waals surface area contributed by atoms with Crippen LogP contribution in [0.3, 0.4) is 0 Å². The summed E-state index contributed by atoms with van der Waals surface area (Å²) in [4.78, 5) is 0. The molecule has 68 valence electrons. The third-order valence-electron chi connectivity index (χ3n) is 2.02. The van der Waals surface area contributed by atoms with Crippen LogP contribution in [0.15, 0.2) is 24.3 Å². The lowest BCUT2D eigenvalue weighted by Gasteiger charge is -2.05. The Labute approximate surface area is 80.4 Å². The van der Waals surface area contributed by atoms with Crippen molar-refractivity contribution < 1.29 is 13.9 Å². The fourth-order valence-electron chi connectivity index (χ4n) is 1.41. The fourth-order valence-corrected chi connectivity index (χ4v) is 1.41. The molecule has 0 aromatic heterocycles. The third-order valence-corrected chi connectivity index (χ3v) is 2.02. The minimum Gasteiger partial charge on any atom is -0.508 e. The van der Waals surface area contributed by atoms with E-state index >= 15 is 0 Å². The van der Waals surface area contributed by atoms with Crippen LogP contribution in [0.5, 0.6) is 5.75 Å². The molecule has 0 aliphatic rings. The third kappa shape index (κ3) is 1.23. The predicted octanol–water partition coefficient (Wildman–Crippen LogP) is 1.62. The molecular formula is C10H5BF2O. The maximum Gasteiger partial charge on any atom is 0.166 e. The minimum absolute atomic E-state index is 0.00259. The van der Waals surface area contributed by atoms with E-state index in [1.54, 1.807) is 0 Å². The summed E-state index contributed by atoms with van der Waals surface area (Å²) in [5.41, 5.74) is 0.0250. The summed E-state index contributed by atoms with van der Waals surface area (Å²) in [5, 5.41) is 9.55. The van der Waals surface area contributed by atoms with Crippen LogP contribution in [0.4, 0.5) is 8.78 Å². The molecule has 0 aliphatic heterocycles. The molecule has 0 heterocycles. The largest absolute Gasteiger partial charge is 0.508 e. The van der Waals surface area contributed by atoms with Crippen molar-refractivity contribution >= 4 is 24.1 Å². The molecular weight excluding hydrogens is 185 g/mol. The average molecular weight is 190 g/mol. The van der Waals surface area contributed by atoms with Crippen LogP contribution in [0.1, 0.15) is 0 Å². The first-order chi connectivity index (χ1) is 6.59. The number of hydrogen-bond acceptors (Lipinski definition) is 1. The summed E-state index contributed by atoms with van der Waals surface area (Å²) in [6.07, 6.45) is 0. The van der Waals surface area contributed by atoms with Gasteiger partial charge in [-0.1, -0.05) is 11.5 Å². The topological polar surface area (TPSA) is 20.2 Å². The number of fused-ring (bicyclic) bond motifs is 1. The number of hydrogen-bond donors (Lipinski definition) is 1. The SMILES string of the molecule is [B]c1cc(O)cc2ccc(F)c(F)c12. The zero-order valence-electron chi connectivity index (χ0n) is 7.09. The summed E-state index contributed by atoms with van der Waals surface area (Å²) in [6, 6.07) is 4.87. The number of aromatic hydroxyl groups is 1. The Morgan fingerprint density at radius 2 is 1.86 bits per heavy atom. The fraction of sp³-hybridized carbons (Fsp3) is 0. The maximum atomic E-state index is 13.3. The molecule has 4 heteroatoms. The molecule has 0 amide bonds. The van der Waals surface area contributed by atoms with Gasteiger partial charge in [0, 0.05) is 5.39 Å². The van der Waals surface area contributed by atoms with E-state index in [1.165, 1.54) is 18.2 Å². The number of halogens is 2. The van der Waals surface area contributed by atoms with Crippen molar-refractivity contribution in [1.29, 1.82) is 0 Å². The predicted molar refractivity (Wildman–Crippen MR) is 50.9 cm³/mol. The van der Waals surface area contributed by atoms with Crippen molar-refractivity contribution in [2.45, 2.75) is 0 Å². The molecule has 0 fully saturated rings. The molecule has 14 heavy (non-hydrogen) atoms. The molecule has 0 spiro atoms. The lowest BCUT2D eigenvalue weighted by atomic mass is 9.89. The van der Waals surface area contributed by atoms with E-state index in [0.29, 0.717) is 5.39 Å². The van der Waals surface area contributed by atoms with Gasteiger partial charge in [-0.3, -0.25) is 0 Å². The summed E-state index contributed by atoms with van der Waals surface area (Å²) in [7, 11) is 5.46. The van der Waals surface area contributed by atoms with Gasteiger partial charge in [0.25, 0.3) is 0 Å². The summed E-state index contributed by atoms with van der Waals surface area (Å²) in [5.74, 6) is -2.00. The van der Waals surface area contributed by atoms with Gasteiger partial charge in [-0.2, -0.15) is 0 Å². The lowest BCUT2D eigenvalue weighted by Crippen LogP contribution is -2.06. The van der Waals surface area contributed by atoms with E-state index < -0.39 is 11.6 Å². The Morgan fingerprint density at radius 1 is 1.14 bits per heavy atom. The van der Waals surface area contributed by atoms with Crippen LogP contribution in [-0.4, -0.2) is 13.0 Å². The van der Waals surface area contributed by atoms with Crippen molar-refractivity contribution in [3.8, 4) is 5.75 Å². The van der Waals surface area contributed by atoms with Gasteiger partial charge >= 0.3 is 0 Å². The molecule has 2 aromatic rings. The number of rotatable bonds is 0. The number of benzene rings is 2. The molecule has 0 bridgehead atoms. The van der Waals surface area contributed by atoms with E-state index in [9.17, 15) is 13.9 Å². The van der Waals surface area contributed by atoms with Gasteiger partial charge in [-0.05, 0) is 23.6 Å². The van der Waals surface area contributed by atoms with Crippen LogP contribution in [-0.2, 0) is 0 Å². The standard InChI is InChI=1S/C10H5BF2O/c11-7-4-6(14)3-5-1-2-8(12)10(13)9(5)7/h1-4,14H. The Morgan fingerprint density at radius 3 is 2.57 bits per heavy atom. The highest BCUT2D eigenvalue weighted by atomic mass is 19.2. The zero-order valence-corrected chi connectivity index (χ0v) is 7.09. The van der Waals surface area contributed by atoms with Crippen LogP contribution in [0.25, 0.3) is 10.8 Å². The second kappa shape index (κ2) is 2.98. The van der Waals surface area contributed by atoms with Crippen LogP contribution in [0, 0.1) is 11.6 Å². The first kappa shape index (κ1) is 9.00. The highest BCUT2D eigenvalue weighted by Gasteiger charge is 2.09. The van der Waals surface area contributed by atoms with Gasteiger partial charge < -0.3 is 5.11 Å². The van der Waals surface area contributed by atoms with Gasteiger partial charge in [-0.15, -0.1) is 0 Å². The van der Waals surface area contributed by atoms with Gasteiger partial charge in [0.2, 0.25) is 0 Å². The van der Waals surface area contributed by atoms with Crippen LogP contribution < -0.4 is 5.46 Å². The Hall–Kier alpha value is -1.58. The maximum absolute atomic E-state index is 13.3. The van der Waals surface area contributed by atoms with Crippen molar-refractivity contribution in [1.82, 2.24) is 0 Å². The molecule has 1 nitrogen and oxygen atoms in total. The smallest absolute Gasteiger partial charge is 0.166 e. The average Bonchev–Trinajstić information content (AvgIpc) is 2.10. The summed E-state index contributed by atoms with van der Waals surface area (Å²) in [6.45, 7) is 0. The molecule has 0 aliphatic carbocycles. The van der Waals surface area contributed by atoms with Crippen molar-refractivity contribution in [3.63, 3.8) is 0 Å². The van der Waals surface area contributed by atoms with E-state index in [2.05, 4.69) is 0 Å². The van der Waals surface area contributed by atoms with Crippen molar-refractivity contribution in [2.75, 3.05) is 0 Å². The second-order valence-corrected chi connectivity index (χ2v) is 2.99. The normalized spacial score (nSPS) is 10.7. The lowest BCUT2D eigenvalue weighted by molar-refractivity contribution is 0.476. The van der Waals surface area contributed by atoms with Crippen molar-refractivity contribution in [2.24, 2.45) is 0 Å². The zero-order chi connectivity index (χ0) is 10.3. The number of phenols is 1. The van der Waals surface area contributed by atoms with Gasteiger partial charge in [-0.25, -0.2) is 8.78 Å². The Bertz CT molecular complexity index is 511. The Kier molecular flexibility index (Phi) is 1.91. The van der Waals surface area contributed by atoms with Crippen LogP contribution in [0.2, 0.25) is 0 Å². The first-order valence-electron chi connectivity index (χ1n) is 3.96. The molecule has 2 aromatic carbocycles. The molecule has 2 rings (SSSR count). The Balaban J connectivity index is 2.95. The first-order valence-corrected chi connectivity index (χ1v) is 3.96. The monoisotopic (exact) mass is 190 g/mol. The molecule has 1 N–H and O–H groups in total. The molecule has 0 saturated carbocycles. The molecule has 0 saturated heterocycles. The van der Waals surface area contributed by atoms with Gasteiger partial charge in [0.1, 0.15) is 13.6 Å². The van der Waals surface area contributed by atoms with Gasteiger partial charge in [0.15, 0.2) is 11.6 Å². The summed E-state index contributed by atoms with van der Waals surface area (Å²) >= 11 is 0. The van der Waals surface area contributed by atoms with E-state index in [0.717, 1.165) is 6.07 Å². The van der Waals surface area contributed by atoms with E-state index in [-0.39, 0.29) is 16.6 Å². The summed E-state index contributed by atoms with van der Waals surface area (Å²) < 4.78 is 26.1. The minimum atomic E-state index is -0.986. The number of phenolic OH excluding ortho intramolecular Hbond substituents is 1. The van der Waals surface area contributed by atoms with Gasteiger partial charge in [0.05, 0.1) is 0 Å². The molecule has 0 atom stereocenters. The van der Waals surface area contributed by atoms with E-state index in [1.807, 2.05) is 0 Å².